The van der Waals surface area contributed by atoms with E-state index in [0.29, 0.717) is 13.1 Å². The average Bonchev–Trinajstić information content (AvgIpc) is 2.70. The highest BCUT2D eigenvalue weighted by atomic mass is 32.2. The van der Waals surface area contributed by atoms with Crippen LogP contribution in [0.2, 0.25) is 0 Å². The Morgan fingerprint density at radius 1 is 1.38 bits per heavy atom. The van der Waals surface area contributed by atoms with Crippen LogP contribution in [0.5, 0.6) is 0 Å². The summed E-state index contributed by atoms with van der Waals surface area (Å²) in [4.78, 5) is 0. The number of aromatic amines is 1. The van der Waals surface area contributed by atoms with Gasteiger partial charge in [-0.1, -0.05) is 13.8 Å². The Kier molecular flexibility index (Phi) is 2.79. The average molecular weight is 243 g/mol. The molecular formula is C10H17N3O2S. The second kappa shape index (κ2) is 3.85. The summed E-state index contributed by atoms with van der Waals surface area (Å²) < 4.78 is 25.8. The number of nitrogens with one attached hydrogen (secondary N) is 1. The number of nitrogens with zero attached hydrogens (tertiary/aromatic N) is 2. The Labute approximate surface area is 95.9 Å². The molecule has 0 unspecified atom stereocenters. The number of rotatable bonds is 2. The molecule has 0 amide bonds. The van der Waals surface area contributed by atoms with Gasteiger partial charge in [-0.25, -0.2) is 8.42 Å². The molecule has 5 nitrogen and oxygen atoms in total. The number of H-pyrrole nitrogens is 1. The smallest absolute Gasteiger partial charge is 0.259 e. The van der Waals surface area contributed by atoms with Crippen molar-refractivity contribution in [2.45, 2.75) is 31.7 Å². The quantitative estimate of drug-likeness (QED) is 0.849. The fourth-order valence-corrected chi connectivity index (χ4v) is 3.20. The lowest BCUT2D eigenvalue weighted by Gasteiger charge is -2.35. The van der Waals surface area contributed by atoms with E-state index < -0.39 is 10.0 Å². The van der Waals surface area contributed by atoms with Crippen LogP contribution in [0.15, 0.2) is 17.3 Å². The maximum Gasteiger partial charge on any atom is 0.259 e. The van der Waals surface area contributed by atoms with Crippen molar-refractivity contribution in [2.75, 3.05) is 13.1 Å². The van der Waals surface area contributed by atoms with Gasteiger partial charge in [0.2, 0.25) is 0 Å². The molecule has 1 fully saturated rings. The van der Waals surface area contributed by atoms with Crippen LogP contribution >= 0.6 is 0 Å². The monoisotopic (exact) mass is 243 g/mol. The Balaban J connectivity index is 2.16. The van der Waals surface area contributed by atoms with Crippen molar-refractivity contribution < 1.29 is 8.42 Å². The molecule has 0 bridgehead atoms. The molecule has 16 heavy (non-hydrogen) atoms. The molecule has 0 radical (unpaired) electrons. The summed E-state index contributed by atoms with van der Waals surface area (Å²) in [6.45, 7) is 5.53. The Morgan fingerprint density at radius 3 is 2.50 bits per heavy atom. The van der Waals surface area contributed by atoms with Crippen molar-refractivity contribution in [1.29, 1.82) is 0 Å². The standard InChI is InChI=1S/C10H17N3O2S/c1-10(2)4-7-13(8-5-10)16(14,15)9-3-6-11-12-9/h3,6H,4-5,7-8H2,1-2H3,(H,11,12). The molecule has 0 aromatic carbocycles. The zero-order valence-corrected chi connectivity index (χ0v) is 10.4. The summed E-state index contributed by atoms with van der Waals surface area (Å²) in [5.41, 5.74) is 0.250. The highest BCUT2D eigenvalue weighted by Crippen LogP contribution is 2.31. The van der Waals surface area contributed by atoms with E-state index in [4.69, 9.17) is 0 Å². The molecule has 0 spiro atoms. The number of piperidine rings is 1. The van der Waals surface area contributed by atoms with Crippen LogP contribution in [0.3, 0.4) is 0 Å². The lowest BCUT2D eigenvalue weighted by molar-refractivity contribution is 0.195. The molecule has 90 valence electrons. The van der Waals surface area contributed by atoms with Gasteiger partial charge in [-0.15, -0.1) is 0 Å². The fraction of sp³-hybridized carbons (Fsp3) is 0.700. The van der Waals surface area contributed by atoms with E-state index in [0.717, 1.165) is 12.8 Å². The van der Waals surface area contributed by atoms with Crippen molar-refractivity contribution in [1.82, 2.24) is 14.5 Å². The number of aromatic nitrogens is 2. The molecule has 0 saturated carbocycles. The van der Waals surface area contributed by atoms with Gasteiger partial charge in [0, 0.05) is 13.1 Å². The summed E-state index contributed by atoms with van der Waals surface area (Å²) in [5, 5.41) is 6.38. The molecular weight excluding hydrogens is 226 g/mol. The third-order valence-corrected chi connectivity index (χ3v) is 5.00. The molecule has 1 N–H and O–H groups in total. The lowest BCUT2D eigenvalue weighted by atomic mass is 9.83. The van der Waals surface area contributed by atoms with Gasteiger partial charge in [0.05, 0.1) is 6.20 Å². The van der Waals surface area contributed by atoms with E-state index in [1.807, 2.05) is 0 Å². The first kappa shape index (κ1) is 11.6. The second-order valence-corrected chi connectivity index (χ2v) is 6.90. The Bertz CT molecular complexity index is 440. The predicted octanol–water partition coefficient (Wildman–Crippen LogP) is 1.22. The SMILES string of the molecule is CC1(C)CCN(S(=O)(=O)c2ccn[nH]2)CC1. The third kappa shape index (κ3) is 2.12. The van der Waals surface area contributed by atoms with E-state index in [1.54, 1.807) is 0 Å². The summed E-state index contributed by atoms with van der Waals surface area (Å²) in [7, 11) is -3.35. The largest absolute Gasteiger partial charge is 0.266 e. The van der Waals surface area contributed by atoms with Gasteiger partial charge in [0.1, 0.15) is 0 Å². The predicted molar refractivity (Wildman–Crippen MR) is 60.4 cm³/mol. The molecule has 2 rings (SSSR count). The van der Waals surface area contributed by atoms with Crippen molar-refractivity contribution in [3.8, 4) is 0 Å². The summed E-state index contributed by atoms with van der Waals surface area (Å²) in [5.74, 6) is 0. The lowest BCUT2D eigenvalue weighted by Crippen LogP contribution is -2.41. The first-order chi connectivity index (χ1) is 7.42. The molecule has 1 aromatic rings. The van der Waals surface area contributed by atoms with Gasteiger partial charge in [-0.3, -0.25) is 5.10 Å². The maximum atomic E-state index is 12.1. The number of hydrogen-bond acceptors (Lipinski definition) is 3. The van der Waals surface area contributed by atoms with Gasteiger partial charge in [-0.2, -0.15) is 9.40 Å². The zero-order valence-electron chi connectivity index (χ0n) is 9.60. The van der Waals surface area contributed by atoms with Crippen molar-refractivity contribution in [2.24, 2.45) is 5.41 Å². The van der Waals surface area contributed by atoms with Crippen LogP contribution in [-0.4, -0.2) is 36.0 Å². The van der Waals surface area contributed by atoms with Gasteiger partial charge in [0.15, 0.2) is 5.03 Å². The van der Waals surface area contributed by atoms with Crippen molar-refractivity contribution in [3.63, 3.8) is 0 Å². The minimum atomic E-state index is -3.35. The van der Waals surface area contributed by atoms with Crippen molar-refractivity contribution in [3.05, 3.63) is 12.3 Å². The summed E-state index contributed by atoms with van der Waals surface area (Å²) in [6.07, 6.45) is 3.27. The molecule has 1 saturated heterocycles. The normalized spacial score (nSPS) is 22.1. The van der Waals surface area contributed by atoms with E-state index in [-0.39, 0.29) is 10.4 Å². The van der Waals surface area contributed by atoms with E-state index in [2.05, 4.69) is 24.0 Å². The fourth-order valence-electron chi connectivity index (χ4n) is 1.86. The van der Waals surface area contributed by atoms with E-state index >= 15 is 0 Å². The molecule has 2 heterocycles. The first-order valence-corrected chi connectivity index (χ1v) is 6.85. The zero-order chi connectivity index (χ0) is 11.8. The summed E-state index contributed by atoms with van der Waals surface area (Å²) >= 11 is 0. The molecule has 0 atom stereocenters. The van der Waals surface area contributed by atoms with Crippen LogP contribution in [0, 0.1) is 5.41 Å². The molecule has 1 aromatic heterocycles. The highest BCUT2D eigenvalue weighted by Gasteiger charge is 2.33. The number of sulfonamides is 1. The Morgan fingerprint density at radius 2 is 2.00 bits per heavy atom. The van der Waals surface area contributed by atoms with Crippen LogP contribution in [0.1, 0.15) is 26.7 Å². The van der Waals surface area contributed by atoms with Crippen LogP contribution in [0.25, 0.3) is 0 Å². The topological polar surface area (TPSA) is 66.1 Å². The molecule has 1 aliphatic rings. The Hall–Kier alpha value is -0.880. The molecule has 0 aliphatic carbocycles. The van der Waals surface area contributed by atoms with Crippen LogP contribution in [0.4, 0.5) is 0 Å². The first-order valence-electron chi connectivity index (χ1n) is 5.41. The maximum absolute atomic E-state index is 12.1. The van der Waals surface area contributed by atoms with E-state index in [1.165, 1.54) is 16.6 Å². The second-order valence-electron chi connectivity index (χ2n) is 4.99. The van der Waals surface area contributed by atoms with Gasteiger partial charge < -0.3 is 0 Å². The van der Waals surface area contributed by atoms with Gasteiger partial charge >= 0.3 is 0 Å². The highest BCUT2D eigenvalue weighted by molar-refractivity contribution is 7.89. The van der Waals surface area contributed by atoms with Crippen molar-refractivity contribution >= 4 is 10.0 Å². The molecule has 1 aliphatic heterocycles. The van der Waals surface area contributed by atoms with Crippen LogP contribution in [-0.2, 0) is 10.0 Å². The minimum Gasteiger partial charge on any atom is -0.266 e. The molecule has 6 heteroatoms. The number of hydrogen-bond donors (Lipinski definition) is 1. The minimum absolute atomic E-state index is 0.187. The third-order valence-electron chi connectivity index (χ3n) is 3.17. The van der Waals surface area contributed by atoms with E-state index in [9.17, 15) is 8.42 Å². The van der Waals surface area contributed by atoms with Gasteiger partial charge in [-0.05, 0) is 24.3 Å². The van der Waals surface area contributed by atoms with Gasteiger partial charge in [0.25, 0.3) is 10.0 Å². The van der Waals surface area contributed by atoms with Crippen LogP contribution < -0.4 is 0 Å². The summed E-state index contributed by atoms with van der Waals surface area (Å²) in [6, 6.07) is 1.50.